The molecule has 0 aliphatic heterocycles. The number of ether oxygens (including phenoxy) is 2. The van der Waals surface area contributed by atoms with Gasteiger partial charge in [0.2, 0.25) is 0 Å². The van der Waals surface area contributed by atoms with E-state index in [1.54, 1.807) is 36.4 Å². The molecule has 0 fully saturated rings. The summed E-state index contributed by atoms with van der Waals surface area (Å²) < 4.78 is 20.8. The molecule has 0 radical (unpaired) electrons. The van der Waals surface area contributed by atoms with Crippen molar-refractivity contribution in [2.24, 2.45) is 0 Å². The highest BCUT2D eigenvalue weighted by Gasteiger charge is 2.30. The molecule has 0 unspecified atom stereocenters. The normalized spacial score (nSPS) is 11.9. The number of carbonyl (C=O) groups excluding carboxylic acids is 2. The van der Waals surface area contributed by atoms with Gasteiger partial charge in [-0.1, -0.05) is 27.7 Å². The minimum Gasteiger partial charge on any atom is -0.508 e. The number of carbonyl (C=O) groups is 2. The van der Waals surface area contributed by atoms with Gasteiger partial charge in [-0.25, -0.2) is 0 Å². The number of benzene rings is 1. The molecule has 38 heavy (non-hydrogen) atoms. The molecule has 0 spiro atoms. The fourth-order valence-electron chi connectivity index (χ4n) is 4.52. The van der Waals surface area contributed by atoms with Crippen LogP contribution in [0, 0.1) is 0 Å². The molecule has 8 heteroatoms. The molecule has 0 saturated carbocycles. The summed E-state index contributed by atoms with van der Waals surface area (Å²) in [6, 6.07) is 10.2. The third-order valence-corrected chi connectivity index (χ3v) is 6.85. The first-order valence-electron chi connectivity index (χ1n) is 12.9. The van der Waals surface area contributed by atoms with E-state index >= 15 is 0 Å². The number of furan rings is 2. The highest BCUT2D eigenvalue weighted by Crippen LogP contribution is 2.43. The predicted octanol–water partition coefficient (Wildman–Crippen LogP) is 6.67. The Morgan fingerprint density at radius 1 is 0.737 bits per heavy atom. The highest BCUT2D eigenvalue weighted by atomic mass is 16.5. The Morgan fingerprint density at radius 3 is 1.47 bits per heavy atom. The lowest BCUT2D eigenvalue weighted by Crippen LogP contribution is -2.21. The van der Waals surface area contributed by atoms with Gasteiger partial charge in [-0.2, -0.15) is 0 Å². The van der Waals surface area contributed by atoms with Crippen LogP contribution in [0.3, 0.4) is 0 Å². The zero-order valence-electron chi connectivity index (χ0n) is 22.6. The number of aromatic hydroxyl groups is 2. The van der Waals surface area contributed by atoms with Crippen molar-refractivity contribution < 1.29 is 38.1 Å². The first-order valence-corrected chi connectivity index (χ1v) is 12.9. The van der Waals surface area contributed by atoms with Crippen molar-refractivity contribution in [3.63, 3.8) is 0 Å². The third-order valence-electron chi connectivity index (χ3n) is 6.85. The Hall–Kier alpha value is -3.68. The summed E-state index contributed by atoms with van der Waals surface area (Å²) in [5, 5.41) is 21.8. The molecule has 8 nitrogen and oxygen atoms in total. The predicted molar refractivity (Wildman–Crippen MR) is 141 cm³/mol. The smallest absolute Gasteiger partial charge is 0.306 e. The topological polar surface area (TPSA) is 119 Å². The maximum Gasteiger partial charge on any atom is 0.306 e. The monoisotopic (exact) mass is 526 g/mol. The van der Waals surface area contributed by atoms with Crippen molar-refractivity contribution in [1.82, 2.24) is 0 Å². The number of phenols is 2. The molecule has 0 aliphatic rings. The van der Waals surface area contributed by atoms with Crippen molar-refractivity contribution in [3.8, 4) is 11.5 Å². The minimum absolute atomic E-state index is 0.0918. The van der Waals surface area contributed by atoms with Crippen LogP contribution in [0.4, 0.5) is 0 Å². The largest absolute Gasteiger partial charge is 0.508 e. The first-order chi connectivity index (χ1) is 18.0. The van der Waals surface area contributed by atoms with Crippen molar-refractivity contribution >= 4 is 11.9 Å². The number of rotatable bonds is 14. The van der Waals surface area contributed by atoms with Gasteiger partial charge < -0.3 is 28.5 Å². The third kappa shape index (κ3) is 8.16. The molecule has 2 N–H and O–H groups in total. The zero-order chi connectivity index (χ0) is 27.8. The van der Waals surface area contributed by atoms with Crippen LogP contribution in [0.2, 0.25) is 0 Å². The molecule has 0 bridgehead atoms. The van der Waals surface area contributed by atoms with E-state index in [4.69, 9.17) is 18.3 Å². The zero-order valence-corrected chi connectivity index (χ0v) is 22.6. The number of hydrogen-bond donors (Lipinski definition) is 2. The van der Waals surface area contributed by atoms with Crippen LogP contribution < -0.4 is 0 Å². The molecule has 3 aromatic rings. The van der Waals surface area contributed by atoms with E-state index in [0.717, 1.165) is 0 Å². The summed E-state index contributed by atoms with van der Waals surface area (Å²) in [4.78, 5) is 24.1. The van der Waals surface area contributed by atoms with Gasteiger partial charge in [-0.15, -0.1) is 0 Å². The Balaban J connectivity index is 1.51. The summed E-state index contributed by atoms with van der Waals surface area (Å²) >= 11 is 0. The highest BCUT2D eigenvalue weighted by molar-refractivity contribution is 5.69. The summed E-state index contributed by atoms with van der Waals surface area (Å²) in [6.45, 7) is 8.08. The fraction of sp³-hybridized carbons (Fsp3) is 0.467. The van der Waals surface area contributed by atoms with Gasteiger partial charge in [0, 0.05) is 24.0 Å². The van der Waals surface area contributed by atoms with Crippen LogP contribution in [-0.2, 0) is 43.1 Å². The second kappa shape index (κ2) is 12.7. The maximum absolute atomic E-state index is 12.1. The van der Waals surface area contributed by atoms with Crippen molar-refractivity contribution in [1.29, 1.82) is 0 Å². The van der Waals surface area contributed by atoms with E-state index in [-0.39, 0.29) is 49.5 Å². The molecule has 0 atom stereocenters. The maximum atomic E-state index is 12.1. The average Bonchev–Trinajstić information content (AvgIpc) is 3.57. The molecule has 206 valence electrons. The van der Waals surface area contributed by atoms with Gasteiger partial charge in [0.05, 0.1) is 12.5 Å². The van der Waals surface area contributed by atoms with Crippen LogP contribution in [0.1, 0.15) is 88.9 Å². The molecule has 0 amide bonds. The summed E-state index contributed by atoms with van der Waals surface area (Å²) in [7, 11) is 0. The van der Waals surface area contributed by atoms with Gasteiger partial charge in [0.1, 0.15) is 36.2 Å². The standard InChI is InChI=1S/C30H38O8/c1-29(2,13-5-11-27(33)37-19-21-9-7-15-35-21)23-17-26(32)24(18-25(23)31)30(3,4)14-6-12-28(34)38-20-22-10-8-16-36-22/h7-10,15-18,31-32H,5-6,11-14,19-20H2,1-4H3. The quantitative estimate of drug-likeness (QED) is 0.177. The van der Waals surface area contributed by atoms with Crippen LogP contribution in [0.5, 0.6) is 11.5 Å². The van der Waals surface area contributed by atoms with Gasteiger partial charge in [-0.3, -0.25) is 9.59 Å². The van der Waals surface area contributed by atoms with Gasteiger partial charge in [0.25, 0.3) is 0 Å². The summed E-state index contributed by atoms with van der Waals surface area (Å²) in [6.07, 6.45) is 5.89. The van der Waals surface area contributed by atoms with Gasteiger partial charge in [-0.05, 0) is 72.9 Å². The second-order valence-corrected chi connectivity index (χ2v) is 10.8. The molecule has 0 saturated heterocycles. The van der Waals surface area contributed by atoms with Crippen molar-refractivity contribution in [3.05, 3.63) is 71.6 Å². The van der Waals surface area contributed by atoms with Gasteiger partial charge >= 0.3 is 11.9 Å². The molecule has 0 aliphatic carbocycles. The van der Waals surface area contributed by atoms with Crippen LogP contribution in [0.15, 0.2) is 57.8 Å². The second-order valence-electron chi connectivity index (χ2n) is 10.8. The molecular weight excluding hydrogens is 488 g/mol. The Labute approximate surface area is 223 Å². The Morgan fingerprint density at radius 2 is 1.13 bits per heavy atom. The lowest BCUT2D eigenvalue weighted by molar-refractivity contribution is -0.146. The van der Waals surface area contributed by atoms with Crippen molar-refractivity contribution in [2.45, 2.75) is 90.3 Å². The minimum atomic E-state index is -0.483. The first kappa shape index (κ1) is 28.9. The Bertz CT molecular complexity index is 1080. The molecule has 2 heterocycles. The van der Waals surface area contributed by atoms with Gasteiger partial charge in [0.15, 0.2) is 0 Å². The number of phenolic OH excluding ortho intramolecular Hbond substituents is 2. The molecule has 2 aromatic heterocycles. The summed E-state index contributed by atoms with van der Waals surface area (Å²) in [5.74, 6) is 0.736. The van der Waals surface area contributed by atoms with Crippen LogP contribution in [-0.4, -0.2) is 22.2 Å². The van der Waals surface area contributed by atoms with E-state index < -0.39 is 10.8 Å². The lowest BCUT2D eigenvalue weighted by Gasteiger charge is -2.30. The van der Waals surface area contributed by atoms with E-state index in [1.165, 1.54) is 12.5 Å². The number of hydrogen-bond acceptors (Lipinski definition) is 8. The van der Waals surface area contributed by atoms with E-state index in [9.17, 15) is 19.8 Å². The van der Waals surface area contributed by atoms with E-state index in [0.29, 0.717) is 48.3 Å². The SMILES string of the molecule is CC(C)(CCCC(=O)OCc1ccco1)c1cc(O)c(C(C)(C)CCCC(=O)OCc2ccco2)cc1O. The molecule has 1 aromatic carbocycles. The van der Waals surface area contributed by atoms with Crippen LogP contribution in [0.25, 0.3) is 0 Å². The lowest BCUT2D eigenvalue weighted by atomic mass is 9.75. The van der Waals surface area contributed by atoms with E-state index in [1.807, 2.05) is 27.7 Å². The Kier molecular flexibility index (Phi) is 9.66. The van der Waals surface area contributed by atoms with Crippen molar-refractivity contribution in [2.75, 3.05) is 0 Å². The molecule has 3 rings (SSSR count). The average molecular weight is 527 g/mol. The summed E-state index contributed by atoms with van der Waals surface area (Å²) in [5.41, 5.74) is 0.257. The number of esters is 2. The van der Waals surface area contributed by atoms with Crippen LogP contribution >= 0.6 is 0 Å². The van der Waals surface area contributed by atoms with E-state index in [2.05, 4.69) is 0 Å². The molecular formula is C30H38O8. The fourth-order valence-corrected chi connectivity index (χ4v) is 4.52.